The molecule has 0 bridgehead atoms. The van der Waals surface area contributed by atoms with Gasteiger partial charge in [0.2, 0.25) is 5.88 Å². The Labute approximate surface area is 129 Å². The topological polar surface area (TPSA) is 57.7 Å². The molecule has 0 amide bonds. The van der Waals surface area contributed by atoms with E-state index in [1.807, 2.05) is 0 Å². The number of nitrogens with zero attached hydrogens (tertiary/aromatic N) is 1. The lowest BCUT2D eigenvalue weighted by Crippen LogP contribution is -2.12. The van der Waals surface area contributed by atoms with Gasteiger partial charge in [-0.2, -0.15) is 13.2 Å². The quantitative estimate of drug-likeness (QED) is 0.787. The van der Waals surface area contributed by atoms with Crippen LogP contribution in [0.15, 0.2) is 42.6 Å². The lowest BCUT2D eigenvalue weighted by Gasteiger charge is -2.09. The number of halogens is 3. The van der Waals surface area contributed by atoms with E-state index in [1.165, 1.54) is 19.2 Å². The summed E-state index contributed by atoms with van der Waals surface area (Å²) in [5.74, 6) is 0.298. The van der Waals surface area contributed by atoms with Gasteiger partial charge < -0.3 is 14.2 Å². The van der Waals surface area contributed by atoms with Gasteiger partial charge in [-0.15, -0.1) is 0 Å². The van der Waals surface area contributed by atoms with Crippen molar-refractivity contribution in [3.63, 3.8) is 0 Å². The van der Waals surface area contributed by atoms with Crippen LogP contribution in [0, 0.1) is 0 Å². The van der Waals surface area contributed by atoms with Gasteiger partial charge in [0.15, 0.2) is 6.61 Å². The Hall–Kier alpha value is -2.77. The number of pyridine rings is 1. The minimum atomic E-state index is -4.44. The zero-order valence-electron chi connectivity index (χ0n) is 12.0. The van der Waals surface area contributed by atoms with E-state index in [0.29, 0.717) is 17.7 Å². The van der Waals surface area contributed by atoms with Crippen LogP contribution in [-0.2, 0) is 15.7 Å². The van der Waals surface area contributed by atoms with Crippen molar-refractivity contribution in [2.24, 2.45) is 0 Å². The molecule has 1 aromatic carbocycles. The number of hydrogen-bond donors (Lipinski definition) is 0. The van der Waals surface area contributed by atoms with Gasteiger partial charge >= 0.3 is 12.1 Å². The smallest absolute Gasteiger partial charge is 0.417 e. The van der Waals surface area contributed by atoms with E-state index >= 15 is 0 Å². The minimum absolute atomic E-state index is 0.0289. The zero-order valence-corrected chi connectivity index (χ0v) is 12.0. The van der Waals surface area contributed by atoms with Crippen molar-refractivity contribution < 1.29 is 32.2 Å². The minimum Gasteiger partial charge on any atom is -0.482 e. The fourth-order valence-electron chi connectivity index (χ4n) is 1.53. The zero-order chi connectivity index (χ0) is 16.9. The van der Waals surface area contributed by atoms with E-state index in [2.05, 4.69) is 9.72 Å². The van der Waals surface area contributed by atoms with Crippen molar-refractivity contribution >= 4 is 5.97 Å². The maximum Gasteiger partial charge on any atom is 0.417 e. The largest absolute Gasteiger partial charge is 0.482 e. The average Bonchev–Trinajstić information content (AvgIpc) is 2.53. The van der Waals surface area contributed by atoms with Gasteiger partial charge in [-0.3, -0.25) is 0 Å². The molecule has 0 atom stereocenters. The highest BCUT2D eigenvalue weighted by atomic mass is 19.4. The van der Waals surface area contributed by atoms with Crippen LogP contribution in [0.4, 0.5) is 13.2 Å². The van der Waals surface area contributed by atoms with Crippen LogP contribution in [-0.4, -0.2) is 24.7 Å². The number of rotatable bonds is 5. The first-order chi connectivity index (χ1) is 10.9. The van der Waals surface area contributed by atoms with E-state index in [-0.39, 0.29) is 12.5 Å². The monoisotopic (exact) mass is 327 g/mol. The highest BCUT2D eigenvalue weighted by Crippen LogP contribution is 2.30. The van der Waals surface area contributed by atoms with E-state index < -0.39 is 17.7 Å². The molecule has 0 spiro atoms. The van der Waals surface area contributed by atoms with Crippen molar-refractivity contribution in [2.45, 2.75) is 6.18 Å². The Morgan fingerprint density at radius 2 is 1.74 bits per heavy atom. The van der Waals surface area contributed by atoms with Crippen LogP contribution in [0.2, 0.25) is 0 Å². The summed E-state index contributed by atoms with van der Waals surface area (Å²) in [5, 5.41) is 0. The molecule has 0 N–H and O–H groups in total. The molecular formula is C15H12F3NO4. The van der Waals surface area contributed by atoms with Crippen LogP contribution in [0.25, 0.3) is 0 Å². The van der Waals surface area contributed by atoms with Gasteiger partial charge in [0, 0.05) is 12.3 Å². The fraction of sp³-hybridized carbons (Fsp3) is 0.200. The molecule has 0 aliphatic heterocycles. The average molecular weight is 327 g/mol. The SMILES string of the molecule is COC(=O)COc1ccc(Oc2ccc(C(F)(F)F)cn2)cc1. The summed E-state index contributed by atoms with van der Waals surface area (Å²) in [5.41, 5.74) is -0.851. The van der Waals surface area contributed by atoms with Crippen LogP contribution in [0.5, 0.6) is 17.4 Å². The molecule has 8 heteroatoms. The molecule has 1 heterocycles. The van der Waals surface area contributed by atoms with Gasteiger partial charge in [-0.05, 0) is 30.3 Å². The second kappa shape index (κ2) is 6.99. The maximum absolute atomic E-state index is 12.4. The lowest BCUT2D eigenvalue weighted by atomic mass is 10.3. The van der Waals surface area contributed by atoms with Crippen molar-refractivity contribution in [2.75, 3.05) is 13.7 Å². The molecule has 122 valence electrons. The predicted octanol–water partition coefficient (Wildman–Crippen LogP) is 3.44. The molecule has 0 aliphatic rings. The molecule has 2 aromatic rings. The molecule has 0 saturated carbocycles. The Morgan fingerprint density at radius 1 is 1.09 bits per heavy atom. The van der Waals surface area contributed by atoms with Crippen LogP contribution < -0.4 is 9.47 Å². The molecule has 1 aromatic heterocycles. The summed E-state index contributed by atoms with van der Waals surface area (Å²) < 4.78 is 52.2. The van der Waals surface area contributed by atoms with Crippen LogP contribution in [0.1, 0.15) is 5.56 Å². The highest BCUT2D eigenvalue weighted by molar-refractivity contribution is 5.70. The highest BCUT2D eigenvalue weighted by Gasteiger charge is 2.30. The second-order valence-corrected chi connectivity index (χ2v) is 4.32. The van der Waals surface area contributed by atoms with Crippen molar-refractivity contribution in [1.82, 2.24) is 4.98 Å². The summed E-state index contributed by atoms with van der Waals surface area (Å²) in [6.07, 6.45) is -3.74. The number of benzene rings is 1. The normalized spacial score (nSPS) is 11.0. The third kappa shape index (κ3) is 4.87. The predicted molar refractivity (Wildman–Crippen MR) is 73.3 cm³/mol. The Bertz CT molecular complexity index is 654. The number of alkyl halides is 3. The molecule has 0 saturated heterocycles. The number of esters is 1. The molecule has 0 unspecified atom stereocenters. The van der Waals surface area contributed by atoms with E-state index in [9.17, 15) is 18.0 Å². The van der Waals surface area contributed by atoms with Gasteiger partial charge in [-0.1, -0.05) is 0 Å². The maximum atomic E-state index is 12.4. The number of aromatic nitrogens is 1. The number of ether oxygens (including phenoxy) is 3. The first-order valence-corrected chi connectivity index (χ1v) is 6.39. The molecule has 23 heavy (non-hydrogen) atoms. The summed E-state index contributed by atoms with van der Waals surface area (Å²) in [7, 11) is 1.25. The Balaban J connectivity index is 1.96. The third-order valence-electron chi connectivity index (χ3n) is 2.69. The van der Waals surface area contributed by atoms with Crippen LogP contribution in [0.3, 0.4) is 0 Å². The molecular weight excluding hydrogens is 315 g/mol. The summed E-state index contributed by atoms with van der Waals surface area (Å²) in [4.78, 5) is 14.5. The van der Waals surface area contributed by atoms with Crippen molar-refractivity contribution in [3.05, 3.63) is 48.2 Å². The Kier molecular flexibility index (Phi) is 5.05. The first-order valence-electron chi connectivity index (χ1n) is 6.39. The standard InChI is InChI=1S/C15H12F3NO4/c1-21-14(20)9-22-11-3-5-12(6-4-11)23-13-7-2-10(8-19-13)15(16,17)18/h2-8H,9H2,1H3. The summed E-state index contributed by atoms with van der Waals surface area (Å²) in [6, 6.07) is 8.17. The van der Waals surface area contributed by atoms with Crippen molar-refractivity contribution in [3.8, 4) is 17.4 Å². The van der Waals surface area contributed by atoms with Gasteiger partial charge in [0.05, 0.1) is 12.7 Å². The number of methoxy groups -OCH3 is 1. The number of hydrogen-bond acceptors (Lipinski definition) is 5. The van der Waals surface area contributed by atoms with Gasteiger partial charge in [0.25, 0.3) is 0 Å². The van der Waals surface area contributed by atoms with E-state index in [0.717, 1.165) is 12.1 Å². The second-order valence-electron chi connectivity index (χ2n) is 4.32. The Morgan fingerprint density at radius 3 is 2.26 bits per heavy atom. The number of carbonyl (C=O) groups is 1. The molecule has 5 nitrogen and oxygen atoms in total. The lowest BCUT2D eigenvalue weighted by molar-refractivity contribution is -0.143. The fourth-order valence-corrected chi connectivity index (χ4v) is 1.53. The third-order valence-corrected chi connectivity index (χ3v) is 2.69. The van der Waals surface area contributed by atoms with Gasteiger partial charge in [0.1, 0.15) is 11.5 Å². The van der Waals surface area contributed by atoms with Crippen molar-refractivity contribution in [1.29, 1.82) is 0 Å². The van der Waals surface area contributed by atoms with Gasteiger partial charge in [-0.25, -0.2) is 9.78 Å². The molecule has 0 radical (unpaired) electrons. The van der Waals surface area contributed by atoms with Crippen LogP contribution >= 0.6 is 0 Å². The summed E-state index contributed by atoms with van der Waals surface area (Å²) >= 11 is 0. The van der Waals surface area contributed by atoms with E-state index in [4.69, 9.17) is 9.47 Å². The summed E-state index contributed by atoms with van der Waals surface area (Å²) in [6.45, 7) is -0.225. The number of carbonyl (C=O) groups excluding carboxylic acids is 1. The van der Waals surface area contributed by atoms with E-state index in [1.54, 1.807) is 12.1 Å². The molecule has 0 aliphatic carbocycles. The molecule has 2 rings (SSSR count). The molecule has 0 fully saturated rings. The first kappa shape index (κ1) is 16.6.